The molecule has 98 valence electrons. The molecule has 2 aromatic rings. The zero-order chi connectivity index (χ0) is 13.4. The minimum absolute atomic E-state index is 0.132. The van der Waals surface area contributed by atoms with Gasteiger partial charge in [0.1, 0.15) is 0 Å². The highest BCUT2D eigenvalue weighted by molar-refractivity contribution is 9.10. The largest absolute Gasteiger partial charge is 0.334 e. The molecule has 3 rings (SSSR count). The van der Waals surface area contributed by atoms with Crippen LogP contribution in [0.1, 0.15) is 26.4 Å². The molecule has 0 N–H and O–H groups in total. The van der Waals surface area contributed by atoms with E-state index < -0.39 is 0 Å². The van der Waals surface area contributed by atoms with Crippen molar-refractivity contribution in [1.82, 2.24) is 4.90 Å². The summed E-state index contributed by atoms with van der Waals surface area (Å²) in [5.41, 5.74) is 3.18. The minimum Gasteiger partial charge on any atom is -0.334 e. The fourth-order valence-electron chi connectivity index (χ4n) is 2.38. The van der Waals surface area contributed by atoms with Crippen LogP contribution in [-0.2, 0) is 13.0 Å². The summed E-state index contributed by atoms with van der Waals surface area (Å²) < 4.78 is 1.04. The van der Waals surface area contributed by atoms with Gasteiger partial charge >= 0.3 is 0 Å². The first-order valence-electron chi connectivity index (χ1n) is 6.26. The van der Waals surface area contributed by atoms with Crippen LogP contribution in [0.5, 0.6) is 0 Å². The molecule has 0 saturated carbocycles. The number of fused-ring (bicyclic) bond motifs is 1. The van der Waals surface area contributed by atoms with Gasteiger partial charge in [-0.2, -0.15) is 0 Å². The number of thiophene rings is 1. The van der Waals surface area contributed by atoms with E-state index in [1.54, 1.807) is 11.3 Å². The molecule has 1 aromatic carbocycles. The molecule has 0 radical (unpaired) electrons. The standard InChI is InChI=1S/C15H14BrNOS/c1-10-8-11(2-3-13(10)16)15(18)17-6-4-14-12(9-17)5-7-19-14/h2-3,5,7-8H,4,6,9H2,1H3. The molecule has 1 aliphatic rings. The van der Waals surface area contributed by atoms with E-state index in [1.165, 1.54) is 10.4 Å². The van der Waals surface area contributed by atoms with Crippen LogP contribution in [0.2, 0.25) is 0 Å². The molecular formula is C15H14BrNOS. The Morgan fingerprint density at radius 3 is 3.00 bits per heavy atom. The number of amides is 1. The van der Waals surface area contributed by atoms with E-state index in [4.69, 9.17) is 0 Å². The highest BCUT2D eigenvalue weighted by atomic mass is 79.9. The van der Waals surface area contributed by atoms with Crippen molar-refractivity contribution in [3.63, 3.8) is 0 Å². The predicted molar refractivity (Wildman–Crippen MR) is 81.6 cm³/mol. The van der Waals surface area contributed by atoms with Crippen molar-refractivity contribution < 1.29 is 4.79 Å². The Balaban J connectivity index is 1.83. The Hall–Kier alpha value is -1.13. The molecule has 0 saturated heterocycles. The number of nitrogens with zero attached hydrogens (tertiary/aromatic N) is 1. The molecule has 1 aliphatic heterocycles. The van der Waals surface area contributed by atoms with Crippen LogP contribution < -0.4 is 0 Å². The molecular weight excluding hydrogens is 322 g/mol. The molecule has 0 unspecified atom stereocenters. The van der Waals surface area contributed by atoms with Gasteiger partial charge < -0.3 is 4.90 Å². The van der Waals surface area contributed by atoms with Crippen LogP contribution in [0.25, 0.3) is 0 Å². The van der Waals surface area contributed by atoms with Gasteiger partial charge in [0.05, 0.1) is 0 Å². The quantitative estimate of drug-likeness (QED) is 0.770. The molecule has 2 heterocycles. The predicted octanol–water partition coefficient (Wildman–Crippen LogP) is 4.02. The van der Waals surface area contributed by atoms with E-state index in [9.17, 15) is 4.79 Å². The van der Waals surface area contributed by atoms with Crippen LogP contribution in [0.4, 0.5) is 0 Å². The third kappa shape index (κ3) is 2.47. The summed E-state index contributed by atoms with van der Waals surface area (Å²) in [4.78, 5) is 15.9. The molecule has 2 nitrogen and oxygen atoms in total. The Bertz CT molecular complexity index is 635. The van der Waals surface area contributed by atoms with Crippen molar-refractivity contribution in [1.29, 1.82) is 0 Å². The first-order chi connectivity index (χ1) is 9.15. The van der Waals surface area contributed by atoms with Gasteiger partial charge in [0.25, 0.3) is 5.91 Å². The second-order valence-electron chi connectivity index (χ2n) is 4.81. The maximum Gasteiger partial charge on any atom is 0.254 e. The van der Waals surface area contributed by atoms with Gasteiger partial charge in [0, 0.05) is 28.0 Å². The van der Waals surface area contributed by atoms with Crippen LogP contribution in [-0.4, -0.2) is 17.4 Å². The van der Waals surface area contributed by atoms with E-state index in [1.807, 2.05) is 30.0 Å². The van der Waals surface area contributed by atoms with E-state index in [-0.39, 0.29) is 5.91 Å². The van der Waals surface area contributed by atoms with Gasteiger partial charge in [-0.05, 0) is 54.1 Å². The van der Waals surface area contributed by atoms with Crippen molar-refractivity contribution in [3.8, 4) is 0 Å². The highest BCUT2D eigenvalue weighted by Crippen LogP contribution is 2.25. The molecule has 4 heteroatoms. The number of rotatable bonds is 1. The van der Waals surface area contributed by atoms with Gasteiger partial charge in [0.15, 0.2) is 0 Å². The number of carbonyl (C=O) groups is 1. The molecule has 1 aromatic heterocycles. The van der Waals surface area contributed by atoms with Crippen LogP contribution in [0.15, 0.2) is 34.1 Å². The normalized spacial score (nSPS) is 14.3. The summed E-state index contributed by atoms with van der Waals surface area (Å²) in [6.45, 7) is 3.57. The van der Waals surface area contributed by atoms with Crippen LogP contribution in [0.3, 0.4) is 0 Å². The number of hydrogen-bond acceptors (Lipinski definition) is 2. The van der Waals surface area contributed by atoms with Crippen molar-refractivity contribution in [2.24, 2.45) is 0 Å². The Labute approximate surface area is 125 Å². The summed E-state index contributed by atoms with van der Waals surface area (Å²) in [5.74, 6) is 0.132. The SMILES string of the molecule is Cc1cc(C(=O)N2CCc3sccc3C2)ccc1Br. The topological polar surface area (TPSA) is 20.3 Å². The molecule has 0 spiro atoms. The average molecular weight is 336 g/mol. The lowest BCUT2D eigenvalue weighted by Gasteiger charge is -2.27. The Morgan fingerprint density at radius 2 is 2.21 bits per heavy atom. The first kappa shape index (κ1) is 12.9. The molecule has 0 atom stereocenters. The van der Waals surface area contributed by atoms with Crippen molar-refractivity contribution in [2.45, 2.75) is 19.9 Å². The van der Waals surface area contributed by atoms with E-state index in [0.717, 1.165) is 35.1 Å². The first-order valence-corrected chi connectivity index (χ1v) is 7.93. The lowest BCUT2D eigenvalue weighted by Crippen LogP contribution is -2.35. The van der Waals surface area contributed by atoms with Crippen molar-refractivity contribution in [2.75, 3.05) is 6.54 Å². The van der Waals surface area contributed by atoms with Crippen molar-refractivity contribution in [3.05, 3.63) is 55.7 Å². The summed E-state index contributed by atoms with van der Waals surface area (Å²) in [6.07, 6.45) is 0.980. The Kier molecular flexibility index (Phi) is 3.46. The number of carbonyl (C=O) groups excluding carboxylic acids is 1. The second kappa shape index (κ2) is 5.10. The van der Waals surface area contributed by atoms with Gasteiger partial charge in [-0.15, -0.1) is 11.3 Å². The molecule has 1 amide bonds. The van der Waals surface area contributed by atoms with Crippen molar-refractivity contribution >= 4 is 33.2 Å². The van der Waals surface area contributed by atoms with Gasteiger partial charge in [-0.25, -0.2) is 0 Å². The molecule has 0 fully saturated rings. The van der Waals surface area contributed by atoms with Crippen LogP contribution >= 0.6 is 27.3 Å². The van der Waals surface area contributed by atoms with Gasteiger partial charge in [-0.3, -0.25) is 4.79 Å². The number of benzene rings is 1. The number of aryl methyl sites for hydroxylation is 1. The second-order valence-corrected chi connectivity index (χ2v) is 6.66. The van der Waals surface area contributed by atoms with E-state index in [0.29, 0.717) is 0 Å². The van der Waals surface area contributed by atoms with E-state index in [2.05, 4.69) is 27.4 Å². The molecule has 19 heavy (non-hydrogen) atoms. The van der Waals surface area contributed by atoms with Gasteiger partial charge in [-0.1, -0.05) is 15.9 Å². The van der Waals surface area contributed by atoms with Gasteiger partial charge in [0.2, 0.25) is 0 Å². The smallest absolute Gasteiger partial charge is 0.254 e. The third-order valence-corrected chi connectivity index (χ3v) is 5.41. The lowest BCUT2D eigenvalue weighted by molar-refractivity contribution is 0.0736. The fraction of sp³-hybridized carbons (Fsp3) is 0.267. The summed E-state index contributed by atoms with van der Waals surface area (Å²) in [6, 6.07) is 7.92. The zero-order valence-corrected chi connectivity index (χ0v) is 13.1. The summed E-state index contributed by atoms with van der Waals surface area (Å²) in [5, 5.41) is 2.11. The zero-order valence-electron chi connectivity index (χ0n) is 10.6. The number of hydrogen-bond donors (Lipinski definition) is 0. The number of halogens is 1. The summed E-state index contributed by atoms with van der Waals surface area (Å²) >= 11 is 5.26. The average Bonchev–Trinajstić information content (AvgIpc) is 2.88. The lowest BCUT2D eigenvalue weighted by atomic mass is 10.1. The fourth-order valence-corrected chi connectivity index (χ4v) is 3.52. The van der Waals surface area contributed by atoms with E-state index >= 15 is 0 Å². The Morgan fingerprint density at radius 1 is 1.37 bits per heavy atom. The monoisotopic (exact) mass is 335 g/mol. The summed E-state index contributed by atoms with van der Waals surface area (Å²) in [7, 11) is 0. The maximum atomic E-state index is 12.5. The minimum atomic E-state index is 0.132. The van der Waals surface area contributed by atoms with Crippen LogP contribution in [0, 0.1) is 6.92 Å². The molecule has 0 bridgehead atoms. The molecule has 0 aliphatic carbocycles. The maximum absolute atomic E-state index is 12.5. The highest BCUT2D eigenvalue weighted by Gasteiger charge is 2.22. The third-order valence-electron chi connectivity index (χ3n) is 3.50.